The van der Waals surface area contributed by atoms with E-state index in [1.165, 1.54) is 6.07 Å². The molecule has 1 aromatic rings. The van der Waals surface area contributed by atoms with Gasteiger partial charge in [-0.15, -0.1) is 0 Å². The molecule has 2 heteroatoms. The molecule has 1 rings (SSSR count). The van der Waals surface area contributed by atoms with Crippen molar-refractivity contribution in [3.63, 3.8) is 0 Å². The third-order valence-electron chi connectivity index (χ3n) is 1.29. The van der Waals surface area contributed by atoms with Gasteiger partial charge in [-0.2, -0.15) is 0 Å². The zero-order valence-corrected chi connectivity index (χ0v) is 5.87. The van der Waals surface area contributed by atoms with Crippen LogP contribution in [0.15, 0.2) is 24.8 Å². The van der Waals surface area contributed by atoms with E-state index >= 15 is 0 Å². The maximum absolute atomic E-state index is 10.4. The van der Waals surface area contributed by atoms with Gasteiger partial charge in [0.05, 0.1) is 5.56 Å². The molecule has 1 aromatic carbocycles. The van der Waals surface area contributed by atoms with E-state index in [9.17, 15) is 4.79 Å². The third kappa shape index (κ3) is 1.67. The summed E-state index contributed by atoms with van der Waals surface area (Å²) in [4.78, 5) is 10.4. The second-order valence-electron chi connectivity index (χ2n) is 2.06. The van der Waals surface area contributed by atoms with E-state index < -0.39 is 5.97 Å². The lowest BCUT2D eigenvalue weighted by atomic mass is 10.1. The first-order chi connectivity index (χ1) is 5.24. The summed E-state index contributed by atoms with van der Waals surface area (Å²) in [5.74, 6) is -0.940. The zero-order valence-electron chi connectivity index (χ0n) is 5.87. The molecule has 0 aliphatic rings. The van der Waals surface area contributed by atoms with E-state index in [1.807, 2.05) is 0 Å². The fraction of sp³-hybridized carbons (Fsp3) is 0. The van der Waals surface area contributed by atoms with Crippen molar-refractivity contribution in [3.05, 3.63) is 42.0 Å². The van der Waals surface area contributed by atoms with E-state index in [4.69, 9.17) is 5.11 Å². The maximum Gasteiger partial charge on any atom is 0.335 e. The molecule has 1 radical (unpaired) electrons. The van der Waals surface area contributed by atoms with Crippen molar-refractivity contribution in [2.45, 2.75) is 0 Å². The number of aromatic carboxylic acids is 1. The quantitative estimate of drug-likeness (QED) is 0.692. The zero-order chi connectivity index (χ0) is 8.27. The predicted molar refractivity (Wildman–Crippen MR) is 42.3 cm³/mol. The van der Waals surface area contributed by atoms with Crippen molar-refractivity contribution in [1.29, 1.82) is 0 Å². The Balaban J connectivity index is 3.10. The average Bonchev–Trinajstić information content (AvgIpc) is 2.05. The summed E-state index contributed by atoms with van der Waals surface area (Å²) in [6.07, 6.45) is 1.59. The van der Waals surface area contributed by atoms with Gasteiger partial charge in [0.25, 0.3) is 0 Å². The minimum atomic E-state index is -0.940. The van der Waals surface area contributed by atoms with Gasteiger partial charge in [0.1, 0.15) is 0 Å². The second-order valence-corrected chi connectivity index (χ2v) is 2.06. The van der Waals surface area contributed by atoms with Crippen LogP contribution in [0.5, 0.6) is 0 Å². The molecule has 0 aliphatic heterocycles. The average molecular weight is 147 g/mol. The van der Waals surface area contributed by atoms with Crippen LogP contribution in [0, 0.1) is 6.07 Å². The fourth-order valence-corrected chi connectivity index (χ4v) is 0.732. The number of carboxylic acid groups (broad SMARTS) is 1. The number of rotatable bonds is 2. The summed E-state index contributed by atoms with van der Waals surface area (Å²) in [7, 11) is 0. The first kappa shape index (κ1) is 7.54. The smallest absolute Gasteiger partial charge is 0.335 e. The van der Waals surface area contributed by atoms with E-state index in [-0.39, 0.29) is 5.56 Å². The molecule has 0 bridgehead atoms. The normalized spacial score (nSPS) is 9.09. The first-order valence-corrected chi connectivity index (χ1v) is 3.11. The van der Waals surface area contributed by atoms with Gasteiger partial charge in [0.15, 0.2) is 0 Å². The lowest BCUT2D eigenvalue weighted by Gasteiger charge is -1.94. The van der Waals surface area contributed by atoms with Crippen LogP contribution in [0.25, 0.3) is 6.08 Å². The van der Waals surface area contributed by atoms with E-state index in [1.54, 1.807) is 18.2 Å². The van der Waals surface area contributed by atoms with Gasteiger partial charge in [-0.1, -0.05) is 12.7 Å². The Labute approximate surface area is 64.8 Å². The van der Waals surface area contributed by atoms with Crippen LogP contribution in [0.1, 0.15) is 15.9 Å². The van der Waals surface area contributed by atoms with Gasteiger partial charge in [-0.25, -0.2) is 4.79 Å². The van der Waals surface area contributed by atoms with E-state index in [0.717, 1.165) is 5.56 Å². The molecule has 0 aromatic heterocycles. The molecular weight excluding hydrogens is 140 g/mol. The van der Waals surface area contributed by atoms with Crippen LogP contribution >= 0.6 is 0 Å². The van der Waals surface area contributed by atoms with Crippen LogP contribution in [0.2, 0.25) is 0 Å². The van der Waals surface area contributed by atoms with Crippen molar-refractivity contribution in [1.82, 2.24) is 0 Å². The van der Waals surface area contributed by atoms with E-state index in [0.29, 0.717) is 0 Å². The highest BCUT2D eigenvalue weighted by Crippen LogP contribution is 2.05. The van der Waals surface area contributed by atoms with Gasteiger partial charge < -0.3 is 5.11 Å². The van der Waals surface area contributed by atoms with Gasteiger partial charge in [0, 0.05) is 0 Å². The van der Waals surface area contributed by atoms with Gasteiger partial charge in [-0.3, -0.25) is 0 Å². The Morgan fingerprint density at radius 2 is 2.36 bits per heavy atom. The largest absolute Gasteiger partial charge is 0.478 e. The summed E-state index contributed by atoms with van der Waals surface area (Å²) in [5, 5.41) is 8.55. The molecule has 0 saturated carbocycles. The Kier molecular flexibility index (Phi) is 2.06. The third-order valence-corrected chi connectivity index (χ3v) is 1.29. The second kappa shape index (κ2) is 3.01. The van der Waals surface area contributed by atoms with Crippen molar-refractivity contribution >= 4 is 12.0 Å². The van der Waals surface area contributed by atoms with Crippen LogP contribution in [-0.2, 0) is 0 Å². The Hall–Kier alpha value is -1.57. The summed E-state index contributed by atoms with van der Waals surface area (Å²) in [6, 6.07) is 7.36. The number of carboxylic acids is 1. The van der Waals surface area contributed by atoms with Crippen molar-refractivity contribution in [2.24, 2.45) is 0 Å². The van der Waals surface area contributed by atoms with Crippen LogP contribution in [-0.4, -0.2) is 11.1 Å². The molecule has 0 saturated heterocycles. The lowest BCUT2D eigenvalue weighted by Crippen LogP contribution is -1.95. The molecule has 0 aliphatic carbocycles. The number of hydrogen-bond donors (Lipinski definition) is 1. The molecule has 0 spiro atoms. The molecule has 1 N–H and O–H groups in total. The Bertz CT molecular complexity index is 289. The molecule has 0 heterocycles. The van der Waals surface area contributed by atoms with Crippen molar-refractivity contribution < 1.29 is 9.90 Å². The van der Waals surface area contributed by atoms with Gasteiger partial charge >= 0.3 is 5.97 Å². The van der Waals surface area contributed by atoms with Gasteiger partial charge in [0.2, 0.25) is 0 Å². The predicted octanol–water partition coefficient (Wildman–Crippen LogP) is 1.83. The molecule has 11 heavy (non-hydrogen) atoms. The minimum absolute atomic E-state index is 0.238. The summed E-state index contributed by atoms with van der Waals surface area (Å²) >= 11 is 0. The summed E-state index contributed by atoms with van der Waals surface area (Å²) in [5.41, 5.74) is 1.01. The maximum atomic E-state index is 10.4. The molecule has 0 fully saturated rings. The van der Waals surface area contributed by atoms with Crippen LogP contribution < -0.4 is 0 Å². The highest BCUT2D eigenvalue weighted by Gasteiger charge is 2.00. The molecular formula is C9H7O2. The van der Waals surface area contributed by atoms with Crippen LogP contribution in [0.3, 0.4) is 0 Å². The molecule has 55 valence electrons. The monoisotopic (exact) mass is 147 g/mol. The topological polar surface area (TPSA) is 37.3 Å². The molecule has 2 nitrogen and oxygen atoms in total. The highest BCUT2D eigenvalue weighted by atomic mass is 16.4. The summed E-state index contributed by atoms with van der Waals surface area (Å²) < 4.78 is 0. The number of benzene rings is 1. The number of carbonyl (C=O) groups is 1. The lowest BCUT2D eigenvalue weighted by molar-refractivity contribution is 0.0697. The standard InChI is InChI=1S/C9H7O2/c1-2-7-4-3-5-8(6-7)9(10)11/h2,4-6H,1H2,(H,10,11). The Morgan fingerprint density at radius 3 is 2.91 bits per heavy atom. The molecule has 0 unspecified atom stereocenters. The Morgan fingerprint density at radius 1 is 1.64 bits per heavy atom. The molecule has 0 atom stereocenters. The molecule has 0 amide bonds. The van der Waals surface area contributed by atoms with Crippen molar-refractivity contribution in [3.8, 4) is 0 Å². The first-order valence-electron chi connectivity index (χ1n) is 3.11. The van der Waals surface area contributed by atoms with Crippen LogP contribution in [0.4, 0.5) is 0 Å². The minimum Gasteiger partial charge on any atom is -0.478 e. The summed E-state index contributed by atoms with van der Waals surface area (Å²) in [6.45, 7) is 3.52. The number of hydrogen-bond acceptors (Lipinski definition) is 1. The highest BCUT2D eigenvalue weighted by molar-refractivity contribution is 5.88. The van der Waals surface area contributed by atoms with Crippen molar-refractivity contribution in [2.75, 3.05) is 0 Å². The SMILES string of the molecule is C=Cc1c[c]cc(C(=O)O)c1. The van der Waals surface area contributed by atoms with E-state index in [2.05, 4.69) is 12.6 Å². The van der Waals surface area contributed by atoms with Gasteiger partial charge in [-0.05, 0) is 29.8 Å². The fourth-order valence-electron chi connectivity index (χ4n) is 0.732.